The molecular weight excluding hydrogens is 336 g/mol. The van der Waals surface area contributed by atoms with Crippen LogP contribution in [0.15, 0.2) is 54.6 Å². The maximum absolute atomic E-state index is 12.1. The molecule has 2 amide bonds. The van der Waals surface area contributed by atoms with Gasteiger partial charge in [0.25, 0.3) is 0 Å². The average molecular weight is 367 g/mol. The van der Waals surface area contributed by atoms with Crippen LogP contribution in [0, 0.1) is 0 Å². The molecule has 2 aromatic carbocycles. The van der Waals surface area contributed by atoms with E-state index in [2.05, 4.69) is 17.6 Å². The Balaban J connectivity index is 1.75. The summed E-state index contributed by atoms with van der Waals surface area (Å²) in [5, 5.41) is 5.82. The number of nitrogens with one attached hydrogen (secondary N) is 2. The third kappa shape index (κ3) is 8.54. The molecule has 4 heteroatoms. The van der Waals surface area contributed by atoms with Crippen molar-refractivity contribution in [3.8, 4) is 0 Å². The van der Waals surface area contributed by atoms with Gasteiger partial charge in [-0.3, -0.25) is 9.59 Å². The van der Waals surface area contributed by atoms with E-state index in [0.29, 0.717) is 24.9 Å². The molecule has 4 nitrogen and oxygen atoms in total. The SMILES string of the molecule is CCCCCCCC(=O)Nc1cccc(NC(=O)CCc2ccccc2)c1. The summed E-state index contributed by atoms with van der Waals surface area (Å²) in [6.07, 6.45) is 7.31. The maximum Gasteiger partial charge on any atom is 0.224 e. The first-order valence-electron chi connectivity index (χ1n) is 9.91. The molecule has 2 aromatic rings. The number of anilines is 2. The van der Waals surface area contributed by atoms with E-state index in [1.54, 1.807) is 6.07 Å². The van der Waals surface area contributed by atoms with Crippen LogP contribution < -0.4 is 10.6 Å². The van der Waals surface area contributed by atoms with Gasteiger partial charge in [-0.25, -0.2) is 0 Å². The highest BCUT2D eigenvalue weighted by atomic mass is 16.2. The summed E-state index contributed by atoms with van der Waals surface area (Å²) >= 11 is 0. The molecule has 0 heterocycles. The normalized spacial score (nSPS) is 10.4. The van der Waals surface area contributed by atoms with E-state index >= 15 is 0 Å². The Morgan fingerprint density at radius 1 is 0.741 bits per heavy atom. The minimum atomic E-state index is -0.0294. The van der Waals surface area contributed by atoms with Crippen molar-refractivity contribution in [3.63, 3.8) is 0 Å². The molecule has 2 N–H and O–H groups in total. The molecular formula is C23H30N2O2. The van der Waals surface area contributed by atoms with Gasteiger partial charge in [0.15, 0.2) is 0 Å². The number of rotatable bonds is 11. The standard InChI is InChI=1S/C23H30N2O2/c1-2-3-4-5-9-15-22(26)24-20-13-10-14-21(18-20)25-23(27)17-16-19-11-7-6-8-12-19/h6-8,10-14,18H,2-5,9,15-17H2,1H3,(H,24,26)(H,25,27). The quantitative estimate of drug-likeness (QED) is 0.512. The van der Waals surface area contributed by atoms with E-state index < -0.39 is 0 Å². The third-order valence-corrected chi connectivity index (χ3v) is 4.42. The molecule has 0 aliphatic rings. The highest BCUT2D eigenvalue weighted by Gasteiger charge is 2.06. The lowest BCUT2D eigenvalue weighted by molar-refractivity contribution is -0.117. The highest BCUT2D eigenvalue weighted by Crippen LogP contribution is 2.16. The van der Waals surface area contributed by atoms with Crippen LogP contribution in [0.3, 0.4) is 0 Å². The fourth-order valence-corrected chi connectivity index (χ4v) is 2.91. The van der Waals surface area contributed by atoms with E-state index in [-0.39, 0.29) is 11.8 Å². The zero-order valence-corrected chi connectivity index (χ0v) is 16.2. The van der Waals surface area contributed by atoms with Crippen molar-refractivity contribution >= 4 is 23.2 Å². The lowest BCUT2D eigenvalue weighted by Crippen LogP contribution is -2.14. The molecule has 0 spiro atoms. The van der Waals surface area contributed by atoms with Crippen LogP contribution in [-0.4, -0.2) is 11.8 Å². The zero-order valence-electron chi connectivity index (χ0n) is 16.2. The number of benzene rings is 2. The molecule has 0 radical (unpaired) electrons. The van der Waals surface area contributed by atoms with E-state index in [4.69, 9.17) is 0 Å². The van der Waals surface area contributed by atoms with Crippen molar-refractivity contribution in [1.82, 2.24) is 0 Å². The molecule has 27 heavy (non-hydrogen) atoms. The number of aryl methyl sites for hydroxylation is 1. The van der Waals surface area contributed by atoms with Crippen molar-refractivity contribution < 1.29 is 9.59 Å². The van der Waals surface area contributed by atoms with Gasteiger partial charge in [-0.15, -0.1) is 0 Å². The van der Waals surface area contributed by atoms with Crippen LogP contribution >= 0.6 is 0 Å². The second-order valence-electron chi connectivity index (χ2n) is 6.83. The summed E-state index contributed by atoms with van der Waals surface area (Å²) in [4.78, 5) is 24.2. The Labute approximate surface area is 162 Å². The molecule has 2 rings (SSSR count). The molecule has 0 bridgehead atoms. The maximum atomic E-state index is 12.1. The Bertz CT molecular complexity index is 713. The third-order valence-electron chi connectivity index (χ3n) is 4.42. The number of carbonyl (C=O) groups is 2. The number of carbonyl (C=O) groups excluding carboxylic acids is 2. The molecule has 0 aliphatic carbocycles. The topological polar surface area (TPSA) is 58.2 Å². The molecule has 0 aromatic heterocycles. The predicted octanol–water partition coefficient (Wildman–Crippen LogP) is 5.56. The van der Waals surface area contributed by atoms with Crippen molar-refractivity contribution in [1.29, 1.82) is 0 Å². The number of hydrogen-bond donors (Lipinski definition) is 2. The summed E-state index contributed by atoms with van der Waals surface area (Å²) in [6.45, 7) is 2.18. The number of amides is 2. The predicted molar refractivity (Wildman–Crippen MR) is 112 cm³/mol. The summed E-state index contributed by atoms with van der Waals surface area (Å²) in [7, 11) is 0. The van der Waals surface area contributed by atoms with Crippen LogP contribution in [0.2, 0.25) is 0 Å². The van der Waals surface area contributed by atoms with Crippen LogP contribution in [0.1, 0.15) is 57.4 Å². The molecule has 144 valence electrons. The Kier molecular flexibility index (Phi) is 9.11. The van der Waals surface area contributed by atoms with Gasteiger partial charge in [0.05, 0.1) is 0 Å². The fraction of sp³-hybridized carbons (Fsp3) is 0.391. The van der Waals surface area contributed by atoms with Crippen LogP contribution in [0.4, 0.5) is 11.4 Å². The van der Waals surface area contributed by atoms with Crippen LogP contribution in [0.25, 0.3) is 0 Å². The van der Waals surface area contributed by atoms with Gasteiger partial charge < -0.3 is 10.6 Å². The minimum Gasteiger partial charge on any atom is -0.326 e. The molecule has 0 atom stereocenters. The second kappa shape index (κ2) is 11.9. The van der Waals surface area contributed by atoms with E-state index in [0.717, 1.165) is 24.1 Å². The van der Waals surface area contributed by atoms with Crippen molar-refractivity contribution in [2.45, 2.75) is 58.3 Å². The van der Waals surface area contributed by atoms with E-state index in [9.17, 15) is 9.59 Å². The van der Waals surface area contributed by atoms with Gasteiger partial charge in [0, 0.05) is 24.2 Å². The Morgan fingerprint density at radius 3 is 2.04 bits per heavy atom. The molecule has 0 unspecified atom stereocenters. The second-order valence-corrected chi connectivity index (χ2v) is 6.83. The summed E-state index contributed by atoms with van der Waals surface area (Å²) in [6, 6.07) is 17.3. The zero-order chi connectivity index (χ0) is 19.3. The molecule has 0 saturated heterocycles. The monoisotopic (exact) mass is 366 g/mol. The van der Waals surface area contributed by atoms with Gasteiger partial charge >= 0.3 is 0 Å². The summed E-state index contributed by atoms with van der Waals surface area (Å²) in [5.41, 5.74) is 2.57. The van der Waals surface area contributed by atoms with Gasteiger partial charge in [-0.2, -0.15) is 0 Å². The summed E-state index contributed by atoms with van der Waals surface area (Å²) in [5.74, 6) is -0.00249. The molecule has 0 fully saturated rings. The van der Waals surface area contributed by atoms with Crippen LogP contribution in [0.5, 0.6) is 0 Å². The summed E-state index contributed by atoms with van der Waals surface area (Å²) < 4.78 is 0. The number of unbranched alkanes of at least 4 members (excludes halogenated alkanes) is 4. The fourth-order valence-electron chi connectivity index (χ4n) is 2.91. The lowest BCUT2D eigenvalue weighted by atomic mass is 10.1. The van der Waals surface area contributed by atoms with Gasteiger partial charge in [-0.1, -0.05) is 69.0 Å². The Morgan fingerprint density at radius 2 is 1.37 bits per heavy atom. The number of hydrogen-bond acceptors (Lipinski definition) is 2. The minimum absolute atomic E-state index is 0.0269. The van der Waals surface area contributed by atoms with Crippen molar-refractivity contribution in [2.75, 3.05) is 10.6 Å². The van der Waals surface area contributed by atoms with Crippen LogP contribution in [-0.2, 0) is 16.0 Å². The largest absolute Gasteiger partial charge is 0.326 e. The first-order chi connectivity index (χ1) is 13.2. The lowest BCUT2D eigenvalue weighted by Gasteiger charge is -2.09. The highest BCUT2D eigenvalue weighted by molar-refractivity contribution is 5.94. The first-order valence-corrected chi connectivity index (χ1v) is 9.91. The average Bonchev–Trinajstić information content (AvgIpc) is 2.67. The van der Waals surface area contributed by atoms with Gasteiger partial charge in [0.2, 0.25) is 11.8 Å². The molecule has 0 aliphatic heterocycles. The van der Waals surface area contributed by atoms with Gasteiger partial charge in [0.1, 0.15) is 0 Å². The van der Waals surface area contributed by atoms with Crippen molar-refractivity contribution in [2.24, 2.45) is 0 Å². The first kappa shape index (κ1) is 20.7. The molecule has 0 saturated carbocycles. The van der Waals surface area contributed by atoms with Crippen molar-refractivity contribution in [3.05, 3.63) is 60.2 Å². The van der Waals surface area contributed by atoms with Gasteiger partial charge in [-0.05, 0) is 36.6 Å². The smallest absolute Gasteiger partial charge is 0.224 e. The van der Waals surface area contributed by atoms with E-state index in [1.165, 1.54) is 19.3 Å². The van der Waals surface area contributed by atoms with E-state index in [1.807, 2.05) is 48.5 Å². The Hall–Kier alpha value is -2.62.